The fourth-order valence-electron chi connectivity index (χ4n) is 3.97. The molecule has 0 radical (unpaired) electrons. The second-order valence-electron chi connectivity index (χ2n) is 8.22. The maximum atomic E-state index is 13.0. The number of hydrogen-bond acceptors (Lipinski definition) is 3. The van der Waals surface area contributed by atoms with Crippen LogP contribution in [-0.4, -0.2) is 30.9 Å². The summed E-state index contributed by atoms with van der Waals surface area (Å²) in [5, 5.41) is 8.15. The summed E-state index contributed by atoms with van der Waals surface area (Å²) in [4.78, 5) is 28.1. The highest BCUT2D eigenvalue weighted by Gasteiger charge is 2.21. The first kappa shape index (κ1) is 20.9. The van der Waals surface area contributed by atoms with Gasteiger partial charge in [-0.1, -0.05) is 37.3 Å². The van der Waals surface area contributed by atoms with E-state index in [9.17, 15) is 9.59 Å². The molecular weight excluding hydrogens is 386 g/mol. The molecule has 1 aliphatic rings. The lowest BCUT2D eigenvalue weighted by atomic mass is 10.1. The highest BCUT2D eigenvalue weighted by Crippen LogP contribution is 2.28. The summed E-state index contributed by atoms with van der Waals surface area (Å²) in [6.07, 6.45) is 3.13. The van der Waals surface area contributed by atoms with E-state index in [4.69, 9.17) is 0 Å². The average Bonchev–Trinajstić information content (AvgIpc) is 3.33. The van der Waals surface area contributed by atoms with Crippen molar-refractivity contribution in [3.8, 4) is 0 Å². The molecule has 0 bridgehead atoms. The van der Waals surface area contributed by atoms with Crippen LogP contribution in [0.5, 0.6) is 0 Å². The average molecular weight is 416 g/mol. The molecule has 5 heteroatoms. The smallest absolute Gasteiger partial charge is 0.255 e. The van der Waals surface area contributed by atoms with Crippen molar-refractivity contribution >= 4 is 34.0 Å². The second kappa shape index (κ2) is 9.21. The van der Waals surface area contributed by atoms with Crippen molar-refractivity contribution in [1.29, 1.82) is 0 Å². The Labute approximate surface area is 183 Å². The quantitative estimate of drug-likeness (QED) is 0.580. The van der Waals surface area contributed by atoms with Crippen LogP contribution in [0.1, 0.15) is 53.8 Å². The summed E-state index contributed by atoms with van der Waals surface area (Å²) < 4.78 is 0. The molecule has 0 spiro atoms. The molecule has 5 nitrogen and oxygen atoms in total. The van der Waals surface area contributed by atoms with Gasteiger partial charge in [0.25, 0.3) is 11.8 Å². The van der Waals surface area contributed by atoms with Gasteiger partial charge in [0.05, 0.1) is 5.56 Å². The van der Waals surface area contributed by atoms with Crippen LogP contribution < -0.4 is 15.5 Å². The number of carbonyl (C=O) groups excluding carboxylic acids is 2. The van der Waals surface area contributed by atoms with Gasteiger partial charge in [0.2, 0.25) is 0 Å². The van der Waals surface area contributed by atoms with Crippen molar-refractivity contribution in [2.45, 2.75) is 39.2 Å². The van der Waals surface area contributed by atoms with Crippen LogP contribution in [0.2, 0.25) is 0 Å². The van der Waals surface area contributed by atoms with Crippen molar-refractivity contribution in [3.63, 3.8) is 0 Å². The minimum Gasteiger partial charge on any atom is -0.371 e. The minimum absolute atomic E-state index is 0.0924. The Balaban J connectivity index is 1.60. The Kier molecular flexibility index (Phi) is 6.21. The Bertz CT molecular complexity index is 1100. The highest BCUT2D eigenvalue weighted by molar-refractivity contribution is 6.08. The maximum absolute atomic E-state index is 13.0. The monoisotopic (exact) mass is 415 g/mol. The molecule has 0 aliphatic carbocycles. The molecule has 3 aromatic carbocycles. The number of nitrogens with one attached hydrogen (secondary N) is 2. The predicted molar refractivity (Wildman–Crippen MR) is 127 cm³/mol. The summed E-state index contributed by atoms with van der Waals surface area (Å²) in [6, 6.07) is 19.3. The Morgan fingerprint density at radius 2 is 1.68 bits per heavy atom. The van der Waals surface area contributed by atoms with Gasteiger partial charge in [-0.25, -0.2) is 0 Å². The Hall–Kier alpha value is -3.34. The summed E-state index contributed by atoms with van der Waals surface area (Å²) in [5.41, 5.74) is 2.75. The van der Waals surface area contributed by atoms with E-state index in [0.717, 1.165) is 48.8 Å². The number of anilines is 2. The van der Waals surface area contributed by atoms with Crippen LogP contribution in [0.3, 0.4) is 0 Å². The first-order chi connectivity index (χ1) is 15.0. The molecule has 2 N–H and O–H groups in total. The van der Waals surface area contributed by atoms with E-state index in [2.05, 4.69) is 15.5 Å². The van der Waals surface area contributed by atoms with E-state index in [-0.39, 0.29) is 17.9 Å². The lowest BCUT2D eigenvalue weighted by Crippen LogP contribution is -2.33. The van der Waals surface area contributed by atoms with Crippen LogP contribution >= 0.6 is 0 Å². The maximum Gasteiger partial charge on any atom is 0.255 e. The second-order valence-corrected chi connectivity index (χ2v) is 8.22. The van der Waals surface area contributed by atoms with Gasteiger partial charge in [-0.15, -0.1) is 0 Å². The van der Waals surface area contributed by atoms with Gasteiger partial charge in [-0.3, -0.25) is 9.59 Å². The number of carbonyl (C=O) groups is 2. The third kappa shape index (κ3) is 4.71. The van der Waals surface area contributed by atoms with Gasteiger partial charge in [0.15, 0.2) is 0 Å². The summed E-state index contributed by atoms with van der Waals surface area (Å²) >= 11 is 0. The molecule has 1 unspecified atom stereocenters. The van der Waals surface area contributed by atoms with Crippen molar-refractivity contribution in [2.24, 2.45) is 0 Å². The highest BCUT2D eigenvalue weighted by atomic mass is 16.2. The Morgan fingerprint density at radius 1 is 0.935 bits per heavy atom. The lowest BCUT2D eigenvalue weighted by molar-refractivity contribution is 0.0938. The Morgan fingerprint density at radius 3 is 2.42 bits per heavy atom. The van der Waals surface area contributed by atoms with Crippen LogP contribution in [0, 0.1) is 0 Å². The summed E-state index contributed by atoms with van der Waals surface area (Å²) in [7, 11) is 0. The van der Waals surface area contributed by atoms with E-state index in [1.54, 1.807) is 6.07 Å². The van der Waals surface area contributed by atoms with Crippen LogP contribution in [-0.2, 0) is 0 Å². The molecule has 1 saturated heterocycles. The molecule has 160 valence electrons. The number of nitrogens with zero attached hydrogens (tertiary/aromatic N) is 1. The first-order valence-corrected chi connectivity index (χ1v) is 11.0. The van der Waals surface area contributed by atoms with Crippen LogP contribution in [0.25, 0.3) is 10.8 Å². The van der Waals surface area contributed by atoms with E-state index < -0.39 is 0 Å². The van der Waals surface area contributed by atoms with Crippen LogP contribution in [0.4, 0.5) is 11.4 Å². The molecule has 0 aromatic heterocycles. The number of amides is 2. The zero-order valence-corrected chi connectivity index (χ0v) is 18.2. The van der Waals surface area contributed by atoms with E-state index in [0.29, 0.717) is 16.8 Å². The third-order valence-electron chi connectivity index (χ3n) is 5.95. The summed E-state index contributed by atoms with van der Waals surface area (Å²) in [6.45, 7) is 5.95. The minimum atomic E-state index is -0.187. The normalized spacial score (nSPS) is 14.5. The number of benzene rings is 3. The fourth-order valence-corrected chi connectivity index (χ4v) is 3.97. The van der Waals surface area contributed by atoms with E-state index >= 15 is 0 Å². The van der Waals surface area contributed by atoms with Gasteiger partial charge in [-0.05, 0) is 67.3 Å². The van der Waals surface area contributed by atoms with Crippen molar-refractivity contribution in [2.75, 3.05) is 23.3 Å². The molecule has 1 atom stereocenters. The molecule has 4 rings (SSSR count). The van der Waals surface area contributed by atoms with Crippen molar-refractivity contribution in [1.82, 2.24) is 5.32 Å². The standard InChI is InChI=1S/C26H29N3O2/c1-3-18(2)27-26(31)23-17-22(12-13-24(23)29-14-6-7-15-29)28-25(30)21-11-10-19-8-4-5-9-20(19)16-21/h4-5,8-13,16-18H,3,6-7,14-15H2,1-2H3,(H,27,31)(H,28,30). The third-order valence-corrected chi connectivity index (χ3v) is 5.95. The van der Waals surface area contributed by atoms with Crippen LogP contribution in [0.15, 0.2) is 60.7 Å². The molecule has 1 aliphatic heterocycles. The predicted octanol–water partition coefficient (Wildman–Crippen LogP) is 5.22. The fraction of sp³-hybridized carbons (Fsp3) is 0.308. The topological polar surface area (TPSA) is 61.4 Å². The SMILES string of the molecule is CCC(C)NC(=O)c1cc(NC(=O)c2ccc3ccccc3c2)ccc1N1CCCC1. The van der Waals surface area contributed by atoms with Crippen molar-refractivity contribution in [3.05, 3.63) is 71.8 Å². The van der Waals surface area contributed by atoms with Crippen molar-refractivity contribution < 1.29 is 9.59 Å². The number of fused-ring (bicyclic) bond motifs is 1. The zero-order valence-electron chi connectivity index (χ0n) is 18.2. The molecule has 1 fully saturated rings. The van der Waals surface area contributed by atoms with Gasteiger partial charge in [0.1, 0.15) is 0 Å². The zero-order chi connectivity index (χ0) is 21.8. The summed E-state index contributed by atoms with van der Waals surface area (Å²) in [5.74, 6) is -0.286. The molecule has 3 aromatic rings. The first-order valence-electron chi connectivity index (χ1n) is 11.0. The lowest BCUT2D eigenvalue weighted by Gasteiger charge is -2.23. The van der Waals surface area contributed by atoms with Gasteiger partial charge in [-0.2, -0.15) is 0 Å². The largest absolute Gasteiger partial charge is 0.371 e. The van der Waals surface area contributed by atoms with Gasteiger partial charge in [0, 0.05) is 36.1 Å². The van der Waals surface area contributed by atoms with E-state index in [1.165, 1.54) is 0 Å². The van der Waals surface area contributed by atoms with Gasteiger partial charge >= 0.3 is 0 Å². The number of rotatable bonds is 6. The van der Waals surface area contributed by atoms with E-state index in [1.807, 2.05) is 68.4 Å². The molecular formula is C26H29N3O2. The molecule has 31 heavy (non-hydrogen) atoms. The van der Waals surface area contributed by atoms with Gasteiger partial charge < -0.3 is 15.5 Å². The molecule has 2 amide bonds. The molecule has 1 heterocycles. The number of hydrogen-bond donors (Lipinski definition) is 2. The molecule has 0 saturated carbocycles.